The lowest BCUT2D eigenvalue weighted by Gasteiger charge is -2.03. The predicted octanol–water partition coefficient (Wildman–Crippen LogP) is 3.14. The first-order chi connectivity index (χ1) is 8.58. The third kappa shape index (κ3) is 3.10. The van der Waals surface area contributed by atoms with Crippen LogP contribution in [0.1, 0.15) is 9.80 Å². The van der Waals surface area contributed by atoms with Crippen molar-refractivity contribution in [2.24, 2.45) is 0 Å². The molecule has 1 amide bonds. The molecule has 0 atom stereocenters. The maximum atomic E-state index is 11.8. The molecule has 0 aliphatic carbocycles. The summed E-state index contributed by atoms with van der Waals surface area (Å²) in [5, 5.41) is 14.7. The Kier molecular flexibility index (Phi) is 4.00. The van der Waals surface area contributed by atoms with Gasteiger partial charge in [0, 0.05) is 22.8 Å². The number of amides is 1. The van der Waals surface area contributed by atoms with E-state index >= 15 is 0 Å². The fourth-order valence-electron chi connectivity index (χ4n) is 1.23. The predicted molar refractivity (Wildman–Crippen MR) is 73.9 cm³/mol. The van der Waals surface area contributed by atoms with Crippen LogP contribution in [0.2, 0.25) is 10.0 Å². The SMILES string of the molecule is CNc1nnc(C(=O)Nc2cc(Cl)cc(Cl)c2)s1. The van der Waals surface area contributed by atoms with Crippen LogP contribution in [0.15, 0.2) is 18.2 Å². The zero-order valence-corrected chi connectivity index (χ0v) is 11.5. The van der Waals surface area contributed by atoms with E-state index in [-0.39, 0.29) is 10.9 Å². The number of rotatable bonds is 3. The van der Waals surface area contributed by atoms with Crippen molar-refractivity contribution in [2.45, 2.75) is 0 Å². The molecule has 1 aromatic heterocycles. The zero-order chi connectivity index (χ0) is 13.1. The van der Waals surface area contributed by atoms with Gasteiger partial charge in [0.2, 0.25) is 10.1 Å². The van der Waals surface area contributed by atoms with E-state index in [0.29, 0.717) is 20.9 Å². The number of carbonyl (C=O) groups excluding carboxylic acids is 1. The van der Waals surface area contributed by atoms with Gasteiger partial charge >= 0.3 is 0 Å². The van der Waals surface area contributed by atoms with Gasteiger partial charge in [-0.1, -0.05) is 34.5 Å². The molecular formula is C10H8Cl2N4OS. The molecule has 18 heavy (non-hydrogen) atoms. The molecule has 0 aliphatic heterocycles. The van der Waals surface area contributed by atoms with E-state index in [1.165, 1.54) is 0 Å². The Morgan fingerprint density at radius 2 is 1.89 bits per heavy atom. The highest BCUT2D eigenvalue weighted by Gasteiger charge is 2.12. The Morgan fingerprint density at radius 1 is 1.22 bits per heavy atom. The minimum atomic E-state index is -0.354. The van der Waals surface area contributed by atoms with Gasteiger partial charge in [-0.3, -0.25) is 4.79 Å². The van der Waals surface area contributed by atoms with Gasteiger partial charge in [0.05, 0.1) is 0 Å². The number of carbonyl (C=O) groups is 1. The summed E-state index contributed by atoms with van der Waals surface area (Å²) in [7, 11) is 1.71. The normalized spacial score (nSPS) is 10.2. The minimum absolute atomic E-state index is 0.260. The number of nitrogens with one attached hydrogen (secondary N) is 2. The van der Waals surface area contributed by atoms with Gasteiger partial charge in [-0.05, 0) is 18.2 Å². The number of halogens is 2. The second-order valence-corrected chi connectivity index (χ2v) is 5.13. The summed E-state index contributed by atoms with van der Waals surface area (Å²) in [6.07, 6.45) is 0. The van der Waals surface area contributed by atoms with Crippen LogP contribution in [0.3, 0.4) is 0 Å². The third-order valence-electron chi connectivity index (χ3n) is 1.95. The first kappa shape index (κ1) is 13.1. The van der Waals surface area contributed by atoms with Crippen molar-refractivity contribution in [3.8, 4) is 0 Å². The lowest BCUT2D eigenvalue weighted by atomic mass is 10.3. The Labute approximate surface area is 117 Å². The Hall–Kier alpha value is -1.37. The number of aromatic nitrogens is 2. The highest BCUT2D eigenvalue weighted by Crippen LogP contribution is 2.23. The van der Waals surface area contributed by atoms with Crippen LogP contribution in [0, 0.1) is 0 Å². The zero-order valence-electron chi connectivity index (χ0n) is 9.20. The van der Waals surface area contributed by atoms with E-state index in [0.717, 1.165) is 11.3 Å². The lowest BCUT2D eigenvalue weighted by molar-refractivity contribution is 0.102. The van der Waals surface area contributed by atoms with E-state index in [1.807, 2.05) is 0 Å². The summed E-state index contributed by atoms with van der Waals surface area (Å²) in [5.41, 5.74) is 0.513. The Morgan fingerprint density at radius 3 is 2.44 bits per heavy atom. The first-order valence-electron chi connectivity index (χ1n) is 4.87. The molecule has 0 aliphatic rings. The van der Waals surface area contributed by atoms with Gasteiger partial charge in [0.15, 0.2) is 0 Å². The fraction of sp³-hybridized carbons (Fsp3) is 0.100. The van der Waals surface area contributed by atoms with Crippen molar-refractivity contribution in [3.05, 3.63) is 33.3 Å². The molecule has 8 heteroatoms. The molecule has 5 nitrogen and oxygen atoms in total. The summed E-state index contributed by atoms with van der Waals surface area (Å²) < 4.78 is 0. The molecule has 2 N–H and O–H groups in total. The van der Waals surface area contributed by atoms with Crippen molar-refractivity contribution < 1.29 is 4.79 Å². The molecule has 0 fully saturated rings. The molecule has 2 aromatic rings. The highest BCUT2D eigenvalue weighted by molar-refractivity contribution is 7.17. The lowest BCUT2D eigenvalue weighted by Crippen LogP contribution is -2.11. The van der Waals surface area contributed by atoms with Crippen LogP contribution in [0.4, 0.5) is 10.8 Å². The summed E-state index contributed by atoms with van der Waals surface area (Å²) in [6.45, 7) is 0. The monoisotopic (exact) mass is 302 g/mol. The van der Waals surface area contributed by atoms with E-state index in [2.05, 4.69) is 20.8 Å². The van der Waals surface area contributed by atoms with Crippen LogP contribution in [-0.4, -0.2) is 23.2 Å². The molecule has 0 spiro atoms. The molecule has 0 unspecified atom stereocenters. The van der Waals surface area contributed by atoms with Gasteiger partial charge in [0.25, 0.3) is 5.91 Å². The molecule has 0 bridgehead atoms. The van der Waals surface area contributed by atoms with Crippen LogP contribution in [0.25, 0.3) is 0 Å². The molecule has 0 radical (unpaired) electrons. The third-order valence-corrected chi connectivity index (χ3v) is 3.33. The minimum Gasteiger partial charge on any atom is -0.363 e. The maximum Gasteiger partial charge on any atom is 0.286 e. The second-order valence-electron chi connectivity index (χ2n) is 3.27. The van der Waals surface area contributed by atoms with Crippen molar-refractivity contribution in [3.63, 3.8) is 0 Å². The largest absolute Gasteiger partial charge is 0.363 e. The van der Waals surface area contributed by atoms with Crippen LogP contribution < -0.4 is 10.6 Å². The van der Waals surface area contributed by atoms with E-state index in [9.17, 15) is 4.79 Å². The highest BCUT2D eigenvalue weighted by atomic mass is 35.5. The van der Waals surface area contributed by atoms with Gasteiger partial charge in [-0.2, -0.15) is 0 Å². The first-order valence-corrected chi connectivity index (χ1v) is 6.44. The molecule has 1 aromatic carbocycles. The van der Waals surface area contributed by atoms with Crippen LogP contribution in [-0.2, 0) is 0 Å². The average Bonchev–Trinajstić information content (AvgIpc) is 2.75. The summed E-state index contributed by atoms with van der Waals surface area (Å²) in [6, 6.07) is 4.79. The van der Waals surface area contributed by atoms with E-state index in [4.69, 9.17) is 23.2 Å². The Balaban J connectivity index is 2.15. The molecule has 0 saturated heterocycles. The van der Waals surface area contributed by atoms with Crippen LogP contribution in [0.5, 0.6) is 0 Å². The maximum absolute atomic E-state index is 11.8. The smallest absolute Gasteiger partial charge is 0.286 e. The van der Waals surface area contributed by atoms with E-state index < -0.39 is 0 Å². The van der Waals surface area contributed by atoms with Crippen molar-refractivity contribution in [1.29, 1.82) is 0 Å². The van der Waals surface area contributed by atoms with Gasteiger partial charge in [-0.15, -0.1) is 10.2 Å². The number of hydrogen-bond acceptors (Lipinski definition) is 5. The summed E-state index contributed by atoms with van der Waals surface area (Å²) in [5.74, 6) is -0.354. The number of nitrogens with zero attached hydrogens (tertiary/aromatic N) is 2. The quantitative estimate of drug-likeness (QED) is 0.914. The number of benzene rings is 1. The average molecular weight is 303 g/mol. The molecular weight excluding hydrogens is 295 g/mol. The van der Waals surface area contributed by atoms with Crippen molar-refractivity contribution in [1.82, 2.24) is 10.2 Å². The molecule has 0 saturated carbocycles. The number of anilines is 2. The molecule has 94 valence electrons. The topological polar surface area (TPSA) is 66.9 Å². The van der Waals surface area contributed by atoms with Gasteiger partial charge in [0.1, 0.15) is 0 Å². The van der Waals surface area contributed by atoms with Crippen LogP contribution >= 0.6 is 34.5 Å². The summed E-state index contributed by atoms with van der Waals surface area (Å²) in [4.78, 5) is 11.8. The molecule has 2 rings (SSSR count). The van der Waals surface area contributed by atoms with Crippen molar-refractivity contribution in [2.75, 3.05) is 17.7 Å². The van der Waals surface area contributed by atoms with E-state index in [1.54, 1.807) is 25.2 Å². The molecule has 1 heterocycles. The summed E-state index contributed by atoms with van der Waals surface area (Å²) >= 11 is 12.8. The fourth-order valence-corrected chi connectivity index (χ4v) is 2.34. The Bertz CT molecular complexity index is 567. The second kappa shape index (κ2) is 5.51. The standard InChI is InChI=1S/C10H8Cl2N4OS/c1-13-10-16-15-9(18-10)8(17)14-7-3-5(11)2-6(12)4-7/h2-4H,1H3,(H,13,16)(H,14,17). The van der Waals surface area contributed by atoms with Crippen molar-refractivity contribution >= 4 is 51.3 Å². The number of hydrogen-bond donors (Lipinski definition) is 2. The van der Waals surface area contributed by atoms with Gasteiger partial charge < -0.3 is 10.6 Å². The van der Waals surface area contributed by atoms with Gasteiger partial charge in [-0.25, -0.2) is 0 Å².